The Bertz CT molecular complexity index is 1380. The fourth-order valence-electron chi connectivity index (χ4n) is 3.78. The highest BCUT2D eigenvalue weighted by molar-refractivity contribution is 7.91. The topological polar surface area (TPSA) is 102 Å². The minimum absolute atomic E-state index is 0.0754. The van der Waals surface area contributed by atoms with Gasteiger partial charge in [0.1, 0.15) is 4.75 Å². The standard InChI is InChI=1S/C21H20ClFN6O2S/c1-21(6-2-4-13(22)8-21)32(30,31)29-12-16(15-5-3-7-25-20(15)29)18-26-11-17(23)19(28-18)27-14-9-24-10-14/h2-5,7-8,11-12,14,24H,6,9-10H2,1H3,(H,26,27,28). The van der Waals surface area contributed by atoms with Crippen LogP contribution in [0.3, 0.4) is 0 Å². The van der Waals surface area contributed by atoms with Crippen LogP contribution in [0.15, 0.2) is 54.0 Å². The van der Waals surface area contributed by atoms with Crippen LogP contribution in [-0.4, -0.2) is 51.2 Å². The van der Waals surface area contributed by atoms with Gasteiger partial charge < -0.3 is 10.6 Å². The lowest BCUT2D eigenvalue weighted by atomic mass is 10.0. The minimum atomic E-state index is -3.95. The van der Waals surface area contributed by atoms with Crippen molar-refractivity contribution in [3.8, 4) is 11.4 Å². The summed E-state index contributed by atoms with van der Waals surface area (Å²) in [5.74, 6) is -0.292. The zero-order valence-electron chi connectivity index (χ0n) is 17.1. The van der Waals surface area contributed by atoms with Gasteiger partial charge in [-0.3, -0.25) is 0 Å². The lowest BCUT2D eigenvalue weighted by molar-refractivity contribution is 0.467. The Kier molecular flexibility index (Phi) is 5.03. The molecule has 32 heavy (non-hydrogen) atoms. The summed E-state index contributed by atoms with van der Waals surface area (Å²) in [6.07, 6.45) is 9.25. The second kappa shape index (κ2) is 7.65. The molecule has 0 bridgehead atoms. The maximum Gasteiger partial charge on any atom is 0.249 e. The quantitative estimate of drug-likeness (QED) is 0.586. The van der Waals surface area contributed by atoms with Crippen molar-refractivity contribution in [1.82, 2.24) is 24.2 Å². The molecule has 0 saturated carbocycles. The van der Waals surface area contributed by atoms with E-state index in [9.17, 15) is 12.8 Å². The normalized spacial score (nSPS) is 21.4. The van der Waals surface area contributed by atoms with Crippen molar-refractivity contribution in [3.05, 3.63) is 59.8 Å². The van der Waals surface area contributed by atoms with E-state index in [1.165, 1.54) is 18.5 Å². The summed E-state index contributed by atoms with van der Waals surface area (Å²) in [6.45, 7) is 3.04. The monoisotopic (exact) mass is 474 g/mol. The molecular formula is C21H20ClFN6O2S. The molecule has 1 fully saturated rings. The number of nitrogens with zero attached hydrogens (tertiary/aromatic N) is 4. The molecule has 1 atom stereocenters. The van der Waals surface area contributed by atoms with Crippen LogP contribution in [0.25, 0.3) is 22.4 Å². The van der Waals surface area contributed by atoms with Crippen LogP contribution in [0, 0.1) is 5.82 Å². The van der Waals surface area contributed by atoms with Crippen LogP contribution in [0.5, 0.6) is 0 Å². The van der Waals surface area contributed by atoms with Crippen LogP contribution in [0.1, 0.15) is 13.3 Å². The van der Waals surface area contributed by atoms with Crippen molar-refractivity contribution < 1.29 is 12.8 Å². The minimum Gasteiger partial charge on any atom is -0.362 e. The van der Waals surface area contributed by atoms with E-state index in [-0.39, 0.29) is 29.8 Å². The van der Waals surface area contributed by atoms with E-state index in [0.29, 0.717) is 29.1 Å². The number of hydrogen-bond donors (Lipinski definition) is 2. The Morgan fingerprint density at radius 1 is 1.34 bits per heavy atom. The molecule has 1 saturated heterocycles. The third-order valence-corrected chi connectivity index (χ3v) is 8.23. The van der Waals surface area contributed by atoms with Crippen LogP contribution in [-0.2, 0) is 10.0 Å². The van der Waals surface area contributed by atoms with Gasteiger partial charge >= 0.3 is 0 Å². The molecular weight excluding hydrogens is 455 g/mol. The molecule has 4 heterocycles. The SMILES string of the molecule is CC1(S(=O)(=O)n2cc(-c3ncc(F)c(NC4CNC4)n3)c3cccnc32)C=C(Cl)C=CC1. The third kappa shape index (κ3) is 3.39. The molecule has 1 aliphatic carbocycles. The molecule has 3 aromatic heterocycles. The molecule has 1 aliphatic heterocycles. The maximum absolute atomic E-state index is 14.3. The highest BCUT2D eigenvalue weighted by atomic mass is 35.5. The average Bonchev–Trinajstić information content (AvgIpc) is 3.12. The molecule has 5 rings (SSSR count). The summed E-state index contributed by atoms with van der Waals surface area (Å²) < 4.78 is 41.6. The van der Waals surface area contributed by atoms with Crippen LogP contribution >= 0.6 is 11.6 Å². The molecule has 11 heteroatoms. The number of halogens is 2. The van der Waals surface area contributed by atoms with Crippen molar-refractivity contribution in [2.24, 2.45) is 0 Å². The molecule has 0 spiro atoms. The fraction of sp³-hybridized carbons (Fsp3) is 0.286. The van der Waals surface area contributed by atoms with Crippen molar-refractivity contribution >= 4 is 38.5 Å². The van der Waals surface area contributed by atoms with Gasteiger partial charge in [-0.1, -0.05) is 17.7 Å². The van der Waals surface area contributed by atoms with E-state index < -0.39 is 20.6 Å². The van der Waals surface area contributed by atoms with E-state index >= 15 is 0 Å². The van der Waals surface area contributed by atoms with Crippen molar-refractivity contribution in [2.45, 2.75) is 24.1 Å². The number of allylic oxidation sites excluding steroid dienone is 3. The third-order valence-electron chi connectivity index (χ3n) is 5.73. The van der Waals surface area contributed by atoms with Crippen LogP contribution < -0.4 is 10.6 Å². The molecule has 8 nitrogen and oxygen atoms in total. The van der Waals surface area contributed by atoms with Gasteiger partial charge in [0.05, 0.1) is 12.2 Å². The van der Waals surface area contributed by atoms with Crippen LogP contribution in [0.2, 0.25) is 0 Å². The first-order valence-electron chi connectivity index (χ1n) is 10.0. The Morgan fingerprint density at radius 2 is 2.16 bits per heavy atom. The second-order valence-electron chi connectivity index (χ2n) is 8.06. The number of rotatable bonds is 5. The van der Waals surface area contributed by atoms with Gasteiger partial charge in [-0.25, -0.2) is 31.7 Å². The molecule has 166 valence electrons. The highest BCUT2D eigenvalue weighted by Gasteiger charge is 2.40. The summed E-state index contributed by atoms with van der Waals surface area (Å²) in [5, 5.41) is 7.05. The zero-order valence-corrected chi connectivity index (χ0v) is 18.7. The van der Waals surface area contributed by atoms with Gasteiger partial charge in [0.15, 0.2) is 23.1 Å². The number of anilines is 1. The first-order chi connectivity index (χ1) is 15.3. The van der Waals surface area contributed by atoms with E-state index in [1.807, 2.05) is 0 Å². The number of fused-ring (bicyclic) bond motifs is 1. The highest BCUT2D eigenvalue weighted by Crippen LogP contribution is 2.36. The predicted molar refractivity (Wildman–Crippen MR) is 121 cm³/mol. The molecule has 1 unspecified atom stereocenters. The molecule has 0 aromatic carbocycles. The summed E-state index contributed by atoms with van der Waals surface area (Å²) in [6, 6.07) is 3.52. The largest absolute Gasteiger partial charge is 0.362 e. The summed E-state index contributed by atoms with van der Waals surface area (Å²) in [5.41, 5.74) is 0.685. The molecule has 2 aliphatic rings. The molecule has 0 amide bonds. The van der Waals surface area contributed by atoms with E-state index in [4.69, 9.17) is 11.6 Å². The summed E-state index contributed by atoms with van der Waals surface area (Å²) in [7, 11) is -3.95. The number of pyridine rings is 1. The van der Waals surface area contributed by atoms with Gasteiger partial charge in [0.25, 0.3) is 0 Å². The van der Waals surface area contributed by atoms with E-state index in [1.54, 1.807) is 31.2 Å². The van der Waals surface area contributed by atoms with E-state index in [0.717, 1.165) is 10.2 Å². The van der Waals surface area contributed by atoms with Gasteiger partial charge in [0.2, 0.25) is 10.0 Å². The zero-order chi connectivity index (χ0) is 22.5. The van der Waals surface area contributed by atoms with Crippen molar-refractivity contribution in [1.29, 1.82) is 0 Å². The van der Waals surface area contributed by atoms with Gasteiger partial charge in [-0.05, 0) is 37.6 Å². The first kappa shape index (κ1) is 21.0. The molecule has 2 N–H and O–H groups in total. The van der Waals surface area contributed by atoms with Gasteiger partial charge in [-0.2, -0.15) is 0 Å². The Balaban J connectivity index is 1.65. The summed E-state index contributed by atoms with van der Waals surface area (Å²) >= 11 is 6.12. The fourth-order valence-corrected chi connectivity index (χ4v) is 5.83. The Hall–Kier alpha value is -2.82. The second-order valence-corrected chi connectivity index (χ2v) is 10.8. The average molecular weight is 475 g/mol. The van der Waals surface area contributed by atoms with Crippen LogP contribution in [0.4, 0.5) is 10.2 Å². The Labute approximate surface area is 189 Å². The van der Waals surface area contributed by atoms with Crippen molar-refractivity contribution in [2.75, 3.05) is 18.4 Å². The van der Waals surface area contributed by atoms with Crippen molar-refractivity contribution in [3.63, 3.8) is 0 Å². The number of nitrogens with one attached hydrogen (secondary N) is 2. The van der Waals surface area contributed by atoms with Gasteiger partial charge in [-0.15, -0.1) is 0 Å². The lowest BCUT2D eigenvalue weighted by Crippen LogP contribution is -2.51. The smallest absolute Gasteiger partial charge is 0.249 e. The number of hydrogen-bond acceptors (Lipinski definition) is 7. The van der Waals surface area contributed by atoms with Gasteiger partial charge in [0, 0.05) is 41.5 Å². The van der Waals surface area contributed by atoms with E-state index in [2.05, 4.69) is 25.6 Å². The first-order valence-corrected chi connectivity index (χ1v) is 11.9. The predicted octanol–water partition coefficient (Wildman–Crippen LogP) is 3.04. The molecule has 3 aromatic rings. The number of aromatic nitrogens is 4. The molecule has 0 radical (unpaired) electrons. The lowest BCUT2D eigenvalue weighted by Gasteiger charge is -2.28. The maximum atomic E-state index is 14.3. The summed E-state index contributed by atoms with van der Waals surface area (Å²) in [4.78, 5) is 12.8. The Morgan fingerprint density at radius 3 is 2.88 bits per heavy atom.